The lowest BCUT2D eigenvalue weighted by molar-refractivity contribution is -0.125. The van der Waals surface area contributed by atoms with Gasteiger partial charge in [0, 0.05) is 6.54 Å². The van der Waals surface area contributed by atoms with Gasteiger partial charge in [0.05, 0.1) is 0 Å². The van der Waals surface area contributed by atoms with Crippen LogP contribution in [0.2, 0.25) is 0 Å². The molecule has 0 radical (unpaired) electrons. The van der Waals surface area contributed by atoms with Crippen molar-refractivity contribution < 1.29 is 9.53 Å². The third kappa shape index (κ3) is 3.63. The SMILES string of the molecule is Cc1cc(OCC(=O)NCC23CC4CC(CC(C4)C2)C3)ccc1C(C)C. The normalized spacial score (nSPS) is 32.1. The van der Waals surface area contributed by atoms with Crippen LogP contribution >= 0.6 is 0 Å². The number of amides is 1. The minimum Gasteiger partial charge on any atom is -0.484 e. The number of carbonyl (C=O) groups is 1. The number of benzene rings is 1. The summed E-state index contributed by atoms with van der Waals surface area (Å²) in [6.45, 7) is 7.47. The van der Waals surface area contributed by atoms with Gasteiger partial charge in [-0.05, 0) is 97.8 Å². The van der Waals surface area contributed by atoms with Crippen LogP contribution in [0.1, 0.15) is 69.4 Å². The predicted molar refractivity (Wildman–Crippen MR) is 104 cm³/mol. The summed E-state index contributed by atoms with van der Waals surface area (Å²) >= 11 is 0. The fourth-order valence-corrected chi connectivity index (χ4v) is 6.38. The molecule has 4 bridgehead atoms. The van der Waals surface area contributed by atoms with E-state index in [0.29, 0.717) is 11.3 Å². The molecule has 0 saturated heterocycles. The molecule has 142 valence electrons. The summed E-state index contributed by atoms with van der Waals surface area (Å²) in [6.07, 6.45) is 8.33. The lowest BCUT2D eigenvalue weighted by atomic mass is 9.49. The molecule has 0 spiro atoms. The van der Waals surface area contributed by atoms with Gasteiger partial charge in [-0.25, -0.2) is 0 Å². The fraction of sp³-hybridized carbons (Fsp3) is 0.696. The number of aryl methyl sites for hydroxylation is 1. The van der Waals surface area contributed by atoms with E-state index in [0.717, 1.165) is 30.0 Å². The molecule has 4 aliphatic rings. The smallest absolute Gasteiger partial charge is 0.257 e. The fourth-order valence-electron chi connectivity index (χ4n) is 6.38. The Hall–Kier alpha value is -1.51. The number of nitrogens with one attached hydrogen (secondary N) is 1. The molecule has 0 aliphatic heterocycles. The van der Waals surface area contributed by atoms with Gasteiger partial charge in [-0.15, -0.1) is 0 Å². The molecule has 1 amide bonds. The molecule has 0 aromatic heterocycles. The van der Waals surface area contributed by atoms with Crippen LogP contribution in [0.15, 0.2) is 18.2 Å². The number of hydrogen-bond acceptors (Lipinski definition) is 2. The third-order valence-corrected chi connectivity index (χ3v) is 7.06. The third-order valence-electron chi connectivity index (χ3n) is 7.06. The number of carbonyl (C=O) groups excluding carboxylic acids is 1. The lowest BCUT2D eigenvalue weighted by Crippen LogP contribution is -2.51. The molecule has 3 nitrogen and oxygen atoms in total. The van der Waals surface area contributed by atoms with Gasteiger partial charge in [-0.1, -0.05) is 19.9 Å². The summed E-state index contributed by atoms with van der Waals surface area (Å²) in [6, 6.07) is 6.14. The highest BCUT2D eigenvalue weighted by Gasteiger charge is 2.50. The van der Waals surface area contributed by atoms with E-state index in [4.69, 9.17) is 4.74 Å². The van der Waals surface area contributed by atoms with Crippen LogP contribution in [0.5, 0.6) is 5.75 Å². The van der Waals surface area contributed by atoms with E-state index in [1.165, 1.54) is 49.7 Å². The maximum Gasteiger partial charge on any atom is 0.257 e. The van der Waals surface area contributed by atoms with E-state index in [2.05, 4.69) is 32.2 Å². The molecule has 4 fully saturated rings. The van der Waals surface area contributed by atoms with Gasteiger partial charge >= 0.3 is 0 Å². The molecule has 4 aliphatic carbocycles. The standard InChI is InChI=1S/C23H33NO2/c1-15(2)21-5-4-20(6-16(21)3)26-13-22(25)24-14-23-10-17-7-18(11-23)9-19(8-17)12-23/h4-6,15,17-19H,7-14H2,1-3H3,(H,24,25). The van der Waals surface area contributed by atoms with Crippen molar-refractivity contribution in [3.8, 4) is 5.75 Å². The van der Waals surface area contributed by atoms with E-state index in [1.54, 1.807) is 0 Å². The van der Waals surface area contributed by atoms with Crippen molar-refractivity contribution in [2.24, 2.45) is 23.2 Å². The van der Waals surface area contributed by atoms with Crippen molar-refractivity contribution in [3.63, 3.8) is 0 Å². The molecule has 0 atom stereocenters. The number of hydrogen-bond donors (Lipinski definition) is 1. The average molecular weight is 356 g/mol. The van der Waals surface area contributed by atoms with Gasteiger partial charge in [0.15, 0.2) is 6.61 Å². The van der Waals surface area contributed by atoms with E-state index in [9.17, 15) is 4.79 Å². The first-order valence-electron chi connectivity index (χ1n) is 10.4. The molecule has 4 saturated carbocycles. The Balaban J connectivity index is 1.28. The van der Waals surface area contributed by atoms with Crippen molar-refractivity contribution in [2.45, 2.75) is 65.2 Å². The van der Waals surface area contributed by atoms with Gasteiger partial charge in [-0.2, -0.15) is 0 Å². The summed E-state index contributed by atoms with van der Waals surface area (Å²) < 4.78 is 5.74. The van der Waals surface area contributed by atoms with Crippen molar-refractivity contribution in [2.75, 3.05) is 13.2 Å². The number of rotatable bonds is 6. The summed E-state index contributed by atoms with van der Waals surface area (Å²) in [5.74, 6) is 4.10. The van der Waals surface area contributed by atoms with Crippen molar-refractivity contribution in [1.29, 1.82) is 0 Å². The lowest BCUT2D eigenvalue weighted by Gasteiger charge is -2.56. The minimum atomic E-state index is 0.0198. The predicted octanol–water partition coefficient (Wildman–Crippen LogP) is 4.83. The Morgan fingerprint density at radius 1 is 1.15 bits per heavy atom. The Kier molecular flexibility index (Phi) is 4.75. The second-order valence-electron chi connectivity index (χ2n) is 9.66. The minimum absolute atomic E-state index is 0.0198. The molecule has 1 aromatic carbocycles. The van der Waals surface area contributed by atoms with Gasteiger partial charge in [0.1, 0.15) is 5.75 Å². The highest BCUT2D eigenvalue weighted by molar-refractivity contribution is 5.77. The first-order chi connectivity index (χ1) is 12.4. The molecule has 3 heteroatoms. The molecule has 5 rings (SSSR count). The topological polar surface area (TPSA) is 38.3 Å². The molecule has 0 unspecified atom stereocenters. The van der Waals surface area contributed by atoms with E-state index >= 15 is 0 Å². The zero-order chi connectivity index (χ0) is 18.3. The largest absolute Gasteiger partial charge is 0.484 e. The molecule has 26 heavy (non-hydrogen) atoms. The van der Waals surface area contributed by atoms with Crippen LogP contribution in [-0.2, 0) is 4.79 Å². The summed E-state index contributed by atoms with van der Waals surface area (Å²) in [5, 5.41) is 3.19. The highest BCUT2D eigenvalue weighted by Crippen LogP contribution is 2.59. The molecular formula is C23H33NO2. The first-order valence-corrected chi connectivity index (χ1v) is 10.4. The van der Waals surface area contributed by atoms with Crippen molar-refractivity contribution in [1.82, 2.24) is 5.32 Å². The maximum atomic E-state index is 12.3. The Morgan fingerprint density at radius 3 is 2.31 bits per heavy atom. The second kappa shape index (κ2) is 6.90. The summed E-state index contributed by atoms with van der Waals surface area (Å²) in [5.41, 5.74) is 2.95. The summed E-state index contributed by atoms with van der Waals surface area (Å²) in [4.78, 5) is 12.3. The monoisotopic (exact) mass is 355 g/mol. The molecule has 0 heterocycles. The van der Waals surface area contributed by atoms with Crippen LogP contribution in [0.4, 0.5) is 0 Å². The zero-order valence-corrected chi connectivity index (χ0v) is 16.5. The van der Waals surface area contributed by atoms with Crippen molar-refractivity contribution in [3.05, 3.63) is 29.3 Å². The van der Waals surface area contributed by atoms with Crippen LogP contribution in [-0.4, -0.2) is 19.1 Å². The van der Waals surface area contributed by atoms with Gasteiger partial charge in [0.2, 0.25) is 0 Å². The first kappa shape index (κ1) is 17.9. The number of ether oxygens (including phenoxy) is 1. The quantitative estimate of drug-likeness (QED) is 0.794. The Bertz CT molecular complexity index is 644. The molecule has 1 aromatic rings. The zero-order valence-electron chi connectivity index (χ0n) is 16.5. The van der Waals surface area contributed by atoms with Crippen molar-refractivity contribution >= 4 is 5.91 Å². The van der Waals surface area contributed by atoms with E-state index < -0.39 is 0 Å². The van der Waals surface area contributed by atoms with E-state index in [1.807, 2.05) is 12.1 Å². The van der Waals surface area contributed by atoms with Crippen LogP contribution in [0.3, 0.4) is 0 Å². The second-order valence-corrected chi connectivity index (χ2v) is 9.66. The average Bonchev–Trinajstić information content (AvgIpc) is 2.57. The van der Waals surface area contributed by atoms with Gasteiger partial charge < -0.3 is 10.1 Å². The highest BCUT2D eigenvalue weighted by atomic mass is 16.5. The maximum absolute atomic E-state index is 12.3. The van der Waals surface area contributed by atoms with Crippen LogP contribution in [0, 0.1) is 30.1 Å². The van der Waals surface area contributed by atoms with Gasteiger partial charge in [0.25, 0.3) is 5.91 Å². The Morgan fingerprint density at radius 2 is 1.77 bits per heavy atom. The summed E-state index contributed by atoms with van der Waals surface area (Å²) in [7, 11) is 0. The van der Waals surface area contributed by atoms with Crippen LogP contribution in [0.25, 0.3) is 0 Å². The van der Waals surface area contributed by atoms with E-state index in [-0.39, 0.29) is 12.5 Å². The Labute approximate surface area is 157 Å². The van der Waals surface area contributed by atoms with Crippen LogP contribution < -0.4 is 10.1 Å². The molecule has 1 N–H and O–H groups in total. The molecular weight excluding hydrogens is 322 g/mol. The van der Waals surface area contributed by atoms with Gasteiger partial charge in [-0.3, -0.25) is 4.79 Å².